The maximum atomic E-state index is 12.4. The summed E-state index contributed by atoms with van der Waals surface area (Å²) in [5, 5.41) is 7.81. The lowest BCUT2D eigenvalue weighted by Gasteiger charge is -2.13. The van der Waals surface area contributed by atoms with Crippen molar-refractivity contribution in [3.05, 3.63) is 41.0 Å². The third-order valence-electron chi connectivity index (χ3n) is 3.98. The predicted molar refractivity (Wildman–Crippen MR) is 85.7 cm³/mol. The van der Waals surface area contributed by atoms with Crippen LogP contribution < -0.4 is 5.32 Å². The number of aromatic nitrogens is 1. The molecule has 1 amide bonds. The van der Waals surface area contributed by atoms with Crippen LogP contribution in [0.25, 0.3) is 11.3 Å². The van der Waals surface area contributed by atoms with Gasteiger partial charge in [0.15, 0.2) is 5.76 Å². The van der Waals surface area contributed by atoms with E-state index in [2.05, 4.69) is 24.3 Å². The Morgan fingerprint density at radius 1 is 1.36 bits per heavy atom. The van der Waals surface area contributed by atoms with Crippen molar-refractivity contribution in [2.75, 3.05) is 6.54 Å². The molecule has 1 aliphatic carbocycles. The monoisotopic (exact) mass is 318 g/mol. The molecule has 116 valence electrons. The normalized spacial score (nSPS) is 15.8. The first-order valence-electron chi connectivity index (χ1n) is 7.53. The molecular weight excluding hydrogens is 300 g/mol. The van der Waals surface area contributed by atoms with E-state index in [9.17, 15) is 4.79 Å². The van der Waals surface area contributed by atoms with E-state index in [1.165, 1.54) is 0 Å². The molecule has 1 aromatic carbocycles. The molecule has 1 aromatic heterocycles. The lowest BCUT2D eigenvalue weighted by molar-refractivity contribution is -0.123. The van der Waals surface area contributed by atoms with E-state index in [4.69, 9.17) is 16.1 Å². The third-order valence-corrected chi connectivity index (χ3v) is 4.24. The van der Waals surface area contributed by atoms with Crippen LogP contribution in [0.15, 0.2) is 34.9 Å². The van der Waals surface area contributed by atoms with Crippen LogP contribution in [0.2, 0.25) is 5.02 Å². The van der Waals surface area contributed by atoms with E-state index in [1.54, 1.807) is 12.1 Å². The molecule has 0 bridgehead atoms. The molecule has 1 aliphatic rings. The molecule has 1 saturated carbocycles. The number of amides is 1. The number of hydrogen-bond acceptors (Lipinski definition) is 3. The Labute approximate surface area is 134 Å². The first-order chi connectivity index (χ1) is 10.5. The zero-order chi connectivity index (χ0) is 15.7. The summed E-state index contributed by atoms with van der Waals surface area (Å²) < 4.78 is 5.42. The largest absolute Gasteiger partial charge is 0.356 e. The van der Waals surface area contributed by atoms with Crippen LogP contribution in [0.4, 0.5) is 0 Å². The first-order valence-corrected chi connectivity index (χ1v) is 7.90. The van der Waals surface area contributed by atoms with Gasteiger partial charge in [-0.25, -0.2) is 0 Å². The van der Waals surface area contributed by atoms with Gasteiger partial charge in [0.2, 0.25) is 5.91 Å². The van der Waals surface area contributed by atoms with E-state index in [-0.39, 0.29) is 5.91 Å². The Bertz CT molecular complexity index is 672. The molecule has 0 radical (unpaired) electrons. The SMILES string of the molecule is CC(C)CNC(=O)C1(c2cc(-c3ccc(Cl)cc3)on2)CC1. The zero-order valence-corrected chi connectivity index (χ0v) is 13.5. The van der Waals surface area contributed by atoms with Gasteiger partial charge in [0.25, 0.3) is 0 Å². The fraction of sp³-hybridized carbons (Fsp3) is 0.412. The highest BCUT2D eigenvalue weighted by Crippen LogP contribution is 2.48. The van der Waals surface area contributed by atoms with Gasteiger partial charge in [0, 0.05) is 23.2 Å². The van der Waals surface area contributed by atoms with Gasteiger partial charge in [-0.05, 0) is 43.0 Å². The standard InChI is InChI=1S/C17H19ClN2O2/c1-11(2)10-19-16(21)17(7-8-17)15-9-14(22-20-15)12-3-5-13(18)6-4-12/h3-6,9,11H,7-8,10H2,1-2H3,(H,19,21). The van der Waals surface area contributed by atoms with Crippen molar-refractivity contribution in [2.45, 2.75) is 32.1 Å². The second kappa shape index (κ2) is 5.76. The van der Waals surface area contributed by atoms with E-state index >= 15 is 0 Å². The fourth-order valence-corrected chi connectivity index (χ4v) is 2.57. The molecule has 0 atom stereocenters. The first kappa shape index (κ1) is 15.1. The fourth-order valence-electron chi connectivity index (χ4n) is 2.44. The molecule has 3 rings (SSSR count). The molecule has 4 nitrogen and oxygen atoms in total. The summed E-state index contributed by atoms with van der Waals surface area (Å²) in [5.74, 6) is 1.15. The third kappa shape index (κ3) is 2.88. The van der Waals surface area contributed by atoms with Crippen LogP contribution >= 0.6 is 11.6 Å². The summed E-state index contributed by atoms with van der Waals surface area (Å²) >= 11 is 5.89. The predicted octanol–water partition coefficient (Wildman–Crippen LogP) is 3.80. The van der Waals surface area contributed by atoms with Crippen molar-refractivity contribution >= 4 is 17.5 Å². The van der Waals surface area contributed by atoms with E-state index in [0.717, 1.165) is 24.1 Å². The second-order valence-corrected chi connectivity index (χ2v) is 6.71. The van der Waals surface area contributed by atoms with E-state index in [0.29, 0.717) is 23.2 Å². The van der Waals surface area contributed by atoms with Crippen molar-refractivity contribution in [1.82, 2.24) is 10.5 Å². The number of benzene rings is 1. The van der Waals surface area contributed by atoms with E-state index in [1.807, 2.05) is 18.2 Å². The van der Waals surface area contributed by atoms with Gasteiger partial charge in [0.1, 0.15) is 0 Å². The van der Waals surface area contributed by atoms with Gasteiger partial charge in [-0.1, -0.05) is 30.6 Å². The average Bonchev–Trinajstić information content (AvgIpc) is 3.16. The average molecular weight is 319 g/mol. The van der Waals surface area contributed by atoms with Gasteiger partial charge in [0.05, 0.1) is 11.1 Å². The van der Waals surface area contributed by atoms with Gasteiger partial charge in [-0.15, -0.1) is 0 Å². The maximum Gasteiger partial charge on any atom is 0.232 e. The Morgan fingerprint density at radius 2 is 2.05 bits per heavy atom. The maximum absolute atomic E-state index is 12.4. The summed E-state index contributed by atoms with van der Waals surface area (Å²) in [5.41, 5.74) is 1.13. The van der Waals surface area contributed by atoms with Crippen LogP contribution in [0.3, 0.4) is 0 Å². The van der Waals surface area contributed by atoms with Crippen LogP contribution in [-0.4, -0.2) is 17.6 Å². The summed E-state index contributed by atoms with van der Waals surface area (Å²) in [4.78, 5) is 12.4. The lowest BCUT2D eigenvalue weighted by Crippen LogP contribution is -2.36. The Balaban J connectivity index is 1.78. The van der Waals surface area contributed by atoms with Crippen LogP contribution in [0.5, 0.6) is 0 Å². The van der Waals surface area contributed by atoms with Crippen LogP contribution in [0.1, 0.15) is 32.4 Å². The van der Waals surface area contributed by atoms with Crippen molar-refractivity contribution < 1.29 is 9.32 Å². The Hall–Kier alpha value is -1.81. The molecule has 0 aliphatic heterocycles. The van der Waals surface area contributed by atoms with Gasteiger partial charge >= 0.3 is 0 Å². The minimum absolute atomic E-state index is 0.0529. The second-order valence-electron chi connectivity index (χ2n) is 6.27. The molecule has 0 saturated heterocycles. The number of rotatable bonds is 5. The minimum atomic E-state index is -0.497. The summed E-state index contributed by atoms with van der Waals surface area (Å²) in [7, 11) is 0. The topological polar surface area (TPSA) is 55.1 Å². The number of carbonyl (C=O) groups is 1. The van der Waals surface area contributed by atoms with Crippen LogP contribution in [-0.2, 0) is 10.2 Å². The highest BCUT2D eigenvalue weighted by Gasteiger charge is 2.53. The number of hydrogen-bond donors (Lipinski definition) is 1. The summed E-state index contributed by atoms with van der Waals surface area (Å²) in [6.07, 6.45) is 1.65. The lowest BCUT2D eigenvalue weighted by atomic mass is 10.00. The Kier molecular flexibility index (Phi) is 3.96. The van der Waals surface area contributed by atoms with E-state index < -0.39 is 5.41 Å². The van der Waals surface area contributed by atoms with Crippen molar-refractivity contribution in [3.63, 3.8) is 0 Å². The van der Waals surface area contributed by atoms with Gasteiger partial charge in [-0.2, -0.15) is 0 Å². The van der Waals surface area contributed by atoms with Crippen molar-refractivity contribution in [2.24, 2.45) is 5.92 Å². The molecule has 22 heavy (non-hydrogen) atoms. The van der Waals surface area contributed by atoms with Crippen LogP contribution in [0, 0.1) is 5.92 Å². The number of carbonyl (C=O) groups excluding carboxylic acids is 1. The molecule has 1 heterocycles. The highest BCUT2D eigenvalue weighted by molar-refractivity contribution is 6.30. The molecule has 1 fully saturated rings. The smallest absolute Gasteiger partial charge is 0.232 e. The molecular formula is C17H19ClN2O2. The van der Waals surface area contributed by atoms with Gasteiger partial charge < -0.3 is 9.84 Å². The zero-order valence-electron chi connectivity index (χ0n) is 12.7. The summed E-state index contributed by atoms with van der Waals surface area (Å²) in [6.45, 7) is 4.84. The summed E-state index contributed by atoms with van der Waals surface area (Å²) in [6, 6.07) is 9.24. The number of nitrogens with one attached hydrogen (secondary N) is 1. The van der Waals surface area contributed by atoms with Gasteiger partial charge in [-0.3, -0.25) is 4.79 Å². The molecule has 1 N–H and O–H groups in total. The number of halogens is 1. The Morgan fingerprint density at radius 3 is 2.64 bits per heavy atom. The molecule has 5 heteroatoms. The van der Waals surface area contributed by atoms with Crippen molar-refractivity contribution in [1.29, 1.82) is 0 Å². The highest BCUT2D eigenvalue weighted by atomic mass is 35.5. The molecule has 2 aromatic rings. The number of nitrogens with zero attached hydrogens (tertiary/aromatic N) is 1. The minimum Gasteiger partial charge on any atom is -0.356 e. The quantitative estimate of drug-likeness (QED) is 0.912. The van der Waals surface area contributed by atoms with Crippen molar-refractivity contribution in [3.8, 4) is 11.3 Å². The molecule has 0 spiro atoms. The molecule has 0 unspecified atom stereocenters.